The SMILES string of the molecule is C/C=C/NC(=O)Cc1ccccc1. The zero-order valence-corrected chi connectivity index (χ0v) is 7.66. The minimum Gasteiger partial charge on any atom is -0.333 e. The number of carbonyl (C=O) groups is 1. The molecule has 0 aromatic heterocycles. The van der Waals surface area contributed by atoms with E-state index in [9.17, 15) is 4.79 Å². The molecular weight excluding hydrogens is 162 g/mol. The van der Waals surface area contributed by atoms with Gasteiger partial charge in [0, 0.05) is 0 Å². The molecule has 0 fully saturated rings. The lowest BCUT2D eigenvalue weighted by molar-refractivity contribution is -0.119. The van der Waals surface area contributed by atoms with Crippen LogP contribution in [0, 0.1) is 0 Å². The van der Waals surface area contributed by atoms with Crippen molar-refractivity contribution in [1.82, 2.24) is 5.32 Å². The van der Waals surface area contributed by atoms with Crippen molar-refractivity contribution in [2.24, 2.45) is 0 Å². The molecule has 0 aliphatic heterocycles. The number of rotatable bonds is 3. The van der Waals surface area contributed by atoms with E-state index in [4.69, 9.17) is 0 Å². The lowest BCUT2D eigenvalue weighted by Gasteiger charge is -1.99. The van der Waals surface area contributed by atoms with E-state index in [-0.39, 0.29) is 5.91 Å². The number of allylic oxidation sites excluding steroid dienone is 1. The van der Waals surface area contributed by atoms with E-state index in [1.165, 1.54) is 0 Å². The fourth-order valence-electron chi connectivity index (χ4n) is 1.01. The zero-order chi connectivity index (χ0) is 9.52. The van der Waals surface area contributed by atoms with Gasteiger partial charge in [0.15, 0.2) is 0 Å². The van der Waals surface area contributed by atoms with Crippen LogP contribution in [0.4, 0.5) is 0 Å². The fraction of sp³-hybridized carbons (Fsp3) is 0.182. The zero-order valence-electron chi connectivity index (χ0n) is 7.66. The van der Waals surface area contributed by atoms with Crippen LogP contribution in [0.1, 0.15) is 12.5 Å². The van der Waals surface area contributed by atoms with Gasteiger partial charge in [-0.25, -0.2) is 0 Å². The van der Waals surface area contributed by atoms with Crippen molar-refractivity contribution in [3.05, 3.63) is 48.2 Å². The number of carbonyl (C=O) groups excluding carboxylic acids is 1. The van der Waals surface area contributed by atoms with Crippen molar-refractivity contribution in [2.45, 2.75) is 13.3 Å². The van der Waals surface area contributed by atoms with Gasteiger partial charge in [-0.1, -0.05) is 36.4 Å². The van der Waals surface area contributed by atoms with Gasteiger partial charge in [-0.3, -0.25) is 4.79 Å². The Morgan fingerprint density at radius 2 is 2.08 bits per heavy atom. The van der Waals surface area contributed by atoms with Crippen molar-refractivity contribution in [3.8, 4) is 0 Å². The Morgan fingerprint density at radius 3 is 2.69 bits per heavy atom. The summed E-state index contributed by atoms with van der Waals surface area (Å²) in [5.74, 6) is 0.0179. The molecule has 1 aromatic carbocycles. The average Bonchev–Trinajstić information content (AvgIpc) is 2.16. The maximum atomic E-state index is 11.2. The summed E-state index contributed by atoms with van der Waals surface area (Å²) < 4.78 is 0. The molecule has 0 saturated carbocycles. The van der Waals surface area contributed by atoms with Crippen molar-refractivity contribution in [3.63, 3.8) is 0 Å². The van der Waals surface area contributed by atoms with Gasteiger partial charge in [0.25, 0.3) is 0 Å². The van der Waals surface area contributed by atoms with Crippen LogP contribution in [-0.4, -0.2) is 5.91 Å². The van der Waals surface area contributed by atoms with Gasteiger partial charge in [0.1, 0.15) is 0 Å². The van der Waals surface area contributed by atoms with E-state index in [2.05, 4.69) is 5.32 Å². The summed E-state index contributed by atoms with van der Waals surface area (Å²) >= 11 is 0. The third-order valence-corrected chi connectivity index (χ3v) is 1.62. The summed E-state index contributed by atoms with van der Waals surface area (Å²) in [6.07, 6.45) is 3.87. The molecule has 0 bridgehead atoms. The molecular formula is C11H13NO. The van der Waals surface area contributed by atoms with Crippen LogP contribution < -0.4 is 5.32 Å². The normalized spacial score (nSPS) is 10.2. The first-order valence-corrected chi connectivity index (χ1v) is 4.27. The van der Waals surface area contributed by atoms with Crippen LogP contribution in [0.3, 0.4) is 0 Å². The minimum absolute atomic E-state index is 0.0179. The van der Waals surface area contributed by atoms with Crippen LogP contribution in [0.15, 0.2) is 42.6 Å². The standard InChI is InChI=1S/C11H13NO/c1-2-8-12-11(13)9-10-6-4-3-5-7-10/h2-8H,9H2,1H3,(H,12,13)/b8-2+. The molecule has 1 aromatic rings. The molecule has 0 saturated heterocycles. The number of nitrogens with one attached hydrogen (secondary N) is 1. The summed E-state index contributed by atoms with van der Waals surface area (Å²) in [4.78, 5) is 11.2. The molecule has 2 nitrogen and oxygen atoms in total. The van der Waals surface area contributed by atoms with Crippen LogP contribution in [0.25, 0.3) is 0 Å². The molecule has 0 spiro atoms. The molecule has 2 heteroatoms. The van der Waals surface area contributed by atoms with Crippen LogP contribution >= 0.6 is 0 Å². The van der Waals surface area contributed by atoms with E-state index in [1.807, 2.05) is 37.3 Å². The Balaban J connectivity index is 2.46. The topological polar surface area (TPSA) is 29.1 Å². The highest BCUT2D eigenvalue weighted by Gasteiger charge is 1.98. The lowest BCUT2D eigenvalue weighted by atomic mass is 10.1. The molecule has 13 heavy (non-hydrogen) atoms. The smallest absolute Gasteiger partial charge is 0.228 e. The first kappa shape index (κ1) is 9.52. The Bertz CT molecular complexity index is 290. The second-order valence-electron chi connectivity index (χ2n) is 2.73. The third kappa shape index (κ3) is 3.56. The van der Waals surface area contributed by atoms with Crippen LogP contribution in [0.5, 0.6) is 0 Å². The summed E-state index contributed by atoms with van der Waals surface area (Å²) in [5, 5.41) is 2.66. The Labute approximate surface area is 78.3 Å². The van der Waals surface area contributed by atoms with Gasteiger partial charge >= 0.3 is 0 Å². The number of hydrogen-bond donors (Lipinski definition) is 1. The van der Waals surface area contributed by atoms with E-state index in [0.29, 0.717) is 6.42 Å². The Kier molecular flexibility index (Phi) is 3.76. The van der Waals surface area contributed by atoms with Gasteiger partial charge in [-0.15, -0.1) is 0 Å². The van der Waals surface area contributed by atoms with Crippen molar-refractivity contribution < 1.29 is 4.79 Å². The van der Waals surface area contributed by atoms with Gasteiger partial charge in [-0.05, 0) is 18.7 Å². The van der Waals surface area contributed by atoms with E-state index >= 15 is 0 Å². The molecule has 0 heterocycles. The highest BCUT2D eigenvalue weighted by molar-refractivity contribution is 5.79. The van der Waals surface area contributed by atoms with E-state index in [1.54, 1.807) is 12.3 Å². The summed E-state index contributed by atoms with van der Waals surface area (Å²) in [7, 11) is 0. The summed E-state index contributed by atoms with van der Waals surface area (Å²) in [6.45, 7) is 1.86. The van der Waals surface area contributed by atoms with Gasteiger partial charge in [0.05, 0.1) is 6.42 Å². The lowest BCUT2D eigenvalue weighted by Crippen LogP contribution is -2.18. The molecule has 1 amide bonds. The summed E-state index contributed by atoms with van der Waals surface area (Å²) in [6, 6.07) is 9.67. The number of amides is 1. The second kappa shape index (κ2) is 5.14. The molecule has 68 valence electrons. The molecule has 0 aliphatic rings. The third-order valence-electron chi connectivity index (χ3n) is 1.62. The van der Waals surface area contributed by atoms with Gasteiger partial charge in [0.2, 0.25) is 5.91 Å². The Hall–Kier alpha value is -1.57. The second-order valence-corrected chi connectivity index (χ2v) is 2.73. The first-order valence-electron chi connectivity index (χ1n) is 4.27. The van der Waals surface area contributed by atoms with Crippen molar-refractivity contribution in [1.29, 1.82) is 0 Å². The minimum atomic E-state index is 0.0179. The summed E-state index contributed by atoms with van der Waals surface area (Å²) in [5.41, 5.74) is 1.03. The van der Waals surface area contributed by atoms with Crippen molar-refractivity contribution >= 4 is 5.91 Å². The molecule has 0 unspecified atom stereocenters. The predicted molar refractivity (Wildman–Crippen MR) is 53.1 cm³/mol. The number of hydrogen-bond acceptors (Lipinski definition) is 1. The maximum absolute atomic E-state index is 11.2. The molecule has 1 rings (SSSR count). The first-order chi connectivity index (χ1) is 6.33. The van der Waals surface area contributed by atoms with Crippen LogP contribution in [0.2, 0.25) is 0 Å². The predicted octanol–water partition coefficient (Wildman–Crippen LogP) is 1.88. The monoisotopic (exact) mass is 175 g/mol. The molecule has 1 N–H and O–H groups in total. The molecule has 0 radical (unpaired) electrons. The molecule has 0 aliphatic carbocycles. The quantitative estimate of drug-likeness (QED) is 0.746. The largest absolute Gasteiger partial charge is 0.333 e. The number of benzene rings is 1. The highest BCUT2D eigenvalue weighted by atomic mass is 16.1. The van der Waals surface area contributed by atoms with Gasteiger partial charge in [-0.2, -0.15) is 0 Å². The Morgan fingerprint density at radius 1 is 1.38 bits per heavy atom. The van der Waals surface area contributed by atoms with Crippen molar-refractivity contribution in [2.75, 3.05) is 0 Å². The fourth-order valence-corrected chi connectivity index (χ4v) is 1.01. The van der Waals surface area contributed by atoms with Gasteiger partial charge < -0.3 is 5.32 Å². The maximum Gasteiger partial charge on any atom is 0.228 e. The average molecular weight is 175 g/mol. The van der Waals surface area contributed by atoms with E-state index in [0.717, 1.165) is 5.56 Å². The molecule has 0 atom stereocenters. The highest BCUT2D eigenvalue weighted by Crippen LogP contribution is 1.98. The van der Waals surface area contributed by atoms with Crippen LogP contribution in [-0.2, 0) is 11.2 Å². The van der Waals surface area contributed by atoms with E-state index < -0.39 is 0 Å².